The fourth-order valence-electron chi connectivity index (χ4n) is 12.3. The molecule has 0 fully saturated rings. The number of hydrogen-bond donors (Lipinski definition) is 2. The molecule has 6 aromatic heterocycles. The third-order valence-corrected chi connectivity index (χ3v) is 17.1. The van der Waals surface area contributed by atoms with Crippen molar-refractivity contribution in [1.82, 2.24) is 29.9 Å². The second kappa shape index (κ2) is 27.7. The zero-order valence-corrected chi connectivity index (χ0v) is 57.7. The van der Waals surface area contributed by atoms with Gasteiger partial charge in [0.25, 0.3) is 0 Å². The van der Waals surface area contributed by atoms with E-state index in [4.69, 9.17) is 19.9 Å². The number of pyridine rings is 6. The first kappa shape index (κ1) is 65.5. The minimum Gasteiger partial charge on any atom is -0.502 e. The molecule has 0 unspecified atom stereocenters. The van der Waals surface area contributed by atoms with E-state index in [1.807, 2.05) is 212 Å². The number of rotatable bonds is 6. The Balaban J connectivity index is 0.000000136. The second-order valence-corrected chi connectivity index (χ2v) is 23.8. The van der Waals surface area contributed by atoms with E-state index in [1.54, 1.807) is 0 Å². The van der Waals surface area contributed by atoms with Crippen LogP contribution in [0.1, 0.15) is 61.3 Å². The molecule has 0 atom stereocenters. The molecule has 6 aromatic carbocycles. The Morgan fingerprint density at radius 1 is 0.394 bits per heavy atom. The number of benzene rings is 6. The van der Waals surface area contributed by atoms with E-state index in [0.717, 1.165) is 102 Å². The molecule has 0 spiro atoms. The van der Waals surface area contributed by atoms with E-state index < -0.39 is 0 Å². The summed E-state index contributed by atoms with van der Waals surface area (Å²) >= 11 is 0. The van der Waals surface area contributed by atoms with Gasteiger partial charge < -0.3 is 29.8 Å². The number of hydrogen-bond acceptors (Lipinski definition) is 14. The van der Waals surface area contributed by atoms with Crippen LogP contribution in [-0.2, 0) is 53.0 Å². The van der Waals surface area contributed by atoms with Gasteiger partial charge in [0.2, 0.25) is 11.8 Å². The van der Waals surface area contributed by atoms with Gasteiger partial charge in [0.1, 0.15) is 23.3 Å². The fraction of sp³-hybridized carbons (Fsp3) is 0.128. The van der Waals surface area contributed by atoms with Gasteiger partial charge in [-0.1, -0.05) is 137 Å². The largest absolute Gasteiger partial charge is 2.00 e. The number of aromatic nitrogens is 6. The normalized spacial score (nSPS) is 13.8. The molecule has 14 nitrogen and oxygen atoms in total. The maximum atomic E-state index is 9.63. The van der Waals surface area contributed by atoms with Gasteiger partial charge in [-0.3, -0.25) is 9.80 Å². The van der Waals surface area contributed by atoms with Gasteiger partial charge in [-0.25, -0.2) is 29.9 Å². The Hall–Kier alpha value is -10.0. The molecular formula is C78H68N12O2Pt2. The van der Waals surface area contributed by atoms with Gasteiger partial charge >= 0.3 is 42.1 Å². The summed E-state index contributed by atoms with van der Waals surface area (Å²) in [6.07, 6.45) is 7.61. The quantitative estimate of drug-likeness (QED) is 0.153. The Kier molecular flexibility index (Phi) is 19.3. The zero-order chi connectivity index (χ0) is 63.7. The summed E-state index contributed by atoms with van der Waals surface area (Å²) < 4.78 is 0. The molecule has 94 heavy (non-hydrogen) atoms. The average molecular weight is 1600 g/mol. The van der Waals surface area contributed by atoms with Crippen LogP contribution >= 0.6 is 0 Å². The molecule has 12 aromatic rings. The number of anilines is 12. The van der Waals surface area contributed by atoms with E-state index >= 15 is 0 Å². The maximum Gasteiger partial charge on any atom is 2.00 e. The van der Waals surface area contributed by atoms with Crippen LogP contribution in [0.4, 0.5) is 68.8 Å². The topological polar surface area (TPSA) is 137 Å². The first-order chi connectivity index (χ1) is 44.6. The van der Waals surface area contributed by atoms with E-state index in [9.17, 15) is 10.2 Å². The van der Waals surface area contributed by atoms with Crippen LogP contribution in [0.25, 0.3) is 22.3 Å². The van der Waals surface area contributed by atoms with Crippen molar-refractivity contribution in [2.24, 2.45) is 0 Å². The molecule has 4 aliphatic heterocycles. The van der Waals surface area contributed by atoms with Crippen LogP contribution in [0.3, 0.4) is 0 Å². The number of nitrogens with zero attached hydrogens (tertiary/aromatic N) is 12. The van der Waals surface area contributed by atoms with Crippen molar-refractivity contribution < 1.29 is 52.3 Å². The molecule has 0 bridgehead atoms. The minimum atomic E-state index is -0.134. The van der Waals surface area contributed by atoms with Crippen molar-refractivity contribution in [1.29, 1.82) is 0 Å². The Morgan fingerprint density at radius 3 is 1.15 bits per heavy atom. The molecule has 10 heterocycles. The summed E-state index contributed by atoms with van der Waals surface area (Å²) in [6.45, 7) is 16.9. The van der Waals surface area contributed by atoms with Gasteiger partial charge in [0, 0.05) is 56.9 Å². The molecule has 0 amide bonds. The molecule has 0 radical (unpaired) electrons. The van der Waals surface area contributed by atoms with Crippen molar-refractivity contribution >= 4 is 68.8 Å². The first-order valence-electron chi connectivity index (χ1n) is 30.5. The van der Waals surface area contributed by atoms with Crippen molar-refractivity contribution in [3.8, 4) is 34.0 Å². The standard InChI is InChI=1S/2C27H23N5.2C12H11NO.2Pt/c2*1-27(2)21-12-7-8-14-23(21)32(25-22(27)13-9-15-28-25)20-16-24-26(29-17-20)31(18-30(24)3)19-10-5-4-6-11-19;2*1-9-7-8-11(12(14)13-9)10-5-3-2-4-6-10;;/h2*4-10,12-18H,1-3H3;2*2-8H,1H3,(H,13,14);;/q2*-2;;;2*+2. The predicted octanol–water partition coefficient (Wildman–Crippen LogP) is 17.7. The van der Waals surface area contributed by atoms with Crippen LogP contribution in [0.15, 0.2) is 243 Å². The number of para-hydroxylation sites is 4. The fourth-order valence-corrected chi connectivity index (χ4v) is 12.3. The van der Waals surface area contributed by atoms with Crippen molar-refractivity contribution in [2.75, 3.05) is 43.5 Å². The summed E-state index contributed by atoms with van der Waals surface area (Å²) in [5.74, 6) is 3.88. The third kappa shape index (κ3) is 12.7. The van der Waals surface area contributed by atoms with E-state index in [0.29, 0.717) is 0 Å². The molecule has 2 N–H and O–H groups in total. The Morgan fingerprint density at radius 2 is 0.766 bits per heavy atom. The summed E-state index contributed by atoms with van der Waals surface area (Å²) in [7, 11) is 4.10. The monoisotopic (exact) mass is 1590 g/mol. The number of aryl methyl sites for hydroxylation is 2. The molecule has 4 aliphatic rings. The number of aromatic hydroxyl groups is 2. The molecule has 0 saturated heterocycles. The van der Waals surface area contributed by atoms with Crippen molar-refractivity contribution in [2.45, 2.75) is 52.4 Å². The average Bonchev–Trinajstić information content (AvgIpc) is 0.808. The smallest absolute Gasteiger partial charge is 0.502 e. The maximum absolute atomic E-state index is 9.63. The van der Waals surface area contributed by atoms with Gasteiger partial charge in [-0.05, 0) is 111 Å². The van der Waals surface area contributed by atoms with Crippen LogP contribution in [-0.4, -0.2) is 54.2 Å². The summed E-state index contributed by atoms with van der Waals surface area (Å²) in [5.41, 5.74) is 18.2. The molecule has 16 heteroatoms. The zero-order valence-electron chi connectivity index (χ0n) is 53.1. The molecule has 0 aliphatic carbocycles. The van der Waals surface area contributed by atoms with Crippen LogP contribution in [0, 0.1) is 39.3 Å². The molecule has 16 rings (SSSR count). The van der Waals surface area contributed by atoms with Crippen LogP contribution in [0.2, 0.25) is 0 Å². The van der Waals surface area contributed by atoms with E-state index in [-0.39, 0.29) is 64.7 Å². The second-order valence-electron chi connectivity index (χ2n) is 23.8. The number of fused-ring (bicyclic) bond motifs is 6. The van der Waals surface area contributed by atoms with E-state index in [1.165, 1.54) is 22.3 Å². The van der Waals surface area contributed by atoms with Crippen LogP contribution < -0.4 is 29.4 Å². The SMILES string of the molecule is CN1[CH-]N(c2[c-]cccc2)c2ncc(N3c4ccccc4C(C)(C)c4cccnc43)cc21.CN1[CH-]N(c2[c-]cccc2)c2ncc(N3c4ccccc4C(C)(C)c4cccnc43)cc21.Cc1ccc(-c2ccccc2)c(O)n1.Cc1ccc(-c2ccccc2)c(O)n1.[Pt+2].[Pt+2]. The van der Waals surface area contributed by atoms with Crippen LogP contribution in [0.5, 0.6) is 11.8 Å². The molecule has 472 valence electrons. The van der Waals surface area contributed by atoms with Gasteiger partial charge in [-0.15, -0.1) is 11.4 Å². The Labute approximate surface area is 579 Å². The van der Waals surface area contributed by atoms with Crippen molar-refractivity contribution in [3.05, 3.63) is 302 Å². The predicted molar refractivity (Wildman–Crippen MR) is 370 cm³/mol. The van der Waals surface area contributed by atoms with Gasteiger partial charge in [0.15, 0.2) is 0 Å². The molecular weight excluding hydrogens is 1530 g/mol. The minimum absolute atomic E-state index is 0. The summed E-state index contributed by atoms with van der Waals surface area (Å²) in [4.78, 5) is 40.2. The molecule has 0 saturated carbocycles. The summed E-state index contributed by atoms with van der Waals surface area (Å²) in [6, 6.07) is 79.4. The Bertz CT molecular complexity index is 4230. The third-order valence-electron chi connectivity index (χ3n) is 17.1. The van der Waals surface area contributed by atoms with Crippen molar-refractivity contribution in [3.63, 3.8) is 0 Å². The summed E-state index contributed by atoms with van der Waals surface area (Å²) in [5, 5.41) is 19.3. The van der Waals surface area contributed by atoms with E-state index in [2.05, 4.69) is 152 Å². The van der Waals surface area contributed by atoms with Gasteiger partial charge in [0.05, 0.1) is 46.5 Å². The van der Waals surface area contributed by atoms with Gasteiger partial charge in [-0.2, -0.15) is 74.0 Å². The first-order valence-corrected chi connectivity index (χ1v) is 30.5.